The van der Waals surface area contributed by atoms with Gasteiger partial charge in [0.05, 0.1) is 11.9 Å². The first-order valence-electron chi connectivity index (χ1n) is 9.66. The van der Waals surface area contributed by atoms with Crippen LogP contribution < -0.4 is 10.2 Å². The lowest BCUT2D eigenvalue weighted by Gasteiger charge is -2.18. The molecular formula is C20H25N7S. The highest BCUT2D eigenvalue weighted by Gasteiger charge is 2.19. The molecule has 0 spiro atoms. The molecule has 1 aliphatic rings. The summed E-state index contributed by atoms with van der Waals surface area (Å²) in [4.78, 5) is 11.5. The highest BCUT2D eigenvalue weighted by molar-refractivity contribution is 7.10. The van der Waals surface area contributed by atoms with Crippen LogP contribution in [0.1, 0.15) is 37.4 Å². The third kappa shape index (κ3) is 3.64. The van der Waals surface area contributed by atoms with Crippen LogP contribution in [0.25, 0.3) is 11.2 Å². The van der Waals surface area contributed by atoms with Gasteiger partial charge >= 0.3 is 0 Å². The second-order valence-electron chi connectivity index (χ2n) is 6.90. The van der Waals surface area contributed by atoms with Gasteiger partial charge in [0.15, 0.2) is 5.65 Å². The van der Waals surface area contributed by atoms with E-state index >= 15 is 0 Å². The molecule has 0 bridgehead atoms. The monoisotopic (exact) mass is 395 g/mol. The molecule has 1 saturated heterocycles. The van der Waals surface area contributed by atoms with Crippen molar-refractivity contribution in [1.29, 1.82) is 0 Å². The molecule has 0 radical (unpaired) electrons. The maximum atomic E-state index is 4.98. The SMILES string of the molecule is CC/C=C(\C=NC)c1cnn2c(Nc3cc(C)ns3)cc(N3CCCC3)nc12. The van der Waals surface area contributed by atoms with E-state index in [0.29, 0.717) is 0 Å². The van der Waals surface area contributed by atoms with Gasteiger partial charge in [-0.1, -0.05) is 13.0 Å². The first-order valence-corrected chi connectivity index (χ1v) is 10.4. The number of rotatable bonds is 6. The van der Waals surface area contributed by atoms with E-state index in [1.807, 2.05) is 29.9 Å². The van der Waals surface area contributed by atoms with E-state index in [9.17, 15) is 0 Å². The van der Waals surface area contributed by atoms with Crippen molar-refractivity contribution in [3.63, 3.8) is 0 Å². The highest BCUT2D eigenvalue weighted by atomic mass is 32.1. The predicted molar refractivity (Wildman–Crippen MR) is 117 cm³/mol. The second kappa shape index (κ2) is 8.10. The first kappa shape index (κ1) is 18.6. The molecule has 0 amide bonds. The van der Waals surface area contributed by atoms with E-state index in [1.165, 1.54) is 24.4 Å². The molecule has 3 aromatic heterocycles. The summed E-state index contributed by atoms with van der Waals surface area (Å²) in [5.74, 6) is 1.88. The second-order valence-corrected chi connectivity index (χ2v) is 7.70. The number of hydrogen-bond donors (Lipinski definition) is 1. The fourth-order valence-electron chi connectivity index (χ4n) is 3.49. The van der Waals surface area contributed by atoms with Crippen molar-refractivity contribution in [2.24, 2.45) is 4.99 Å². The van der Waals surface area contributed by atoms with Crippen molar-refractivity contribution in [1.82, 2.24) is 19.0 Å². The molecular weight excluding hydrogens is 370 g/mol. The molecule has 0 aliphatic carbocycles. The normalized spacial score (nSPS) is 15.2. The molecule has 1 fully saturated rings. The Labute approximate surface area is 169 Å². The van der Waals surface area contributed by atoms with Gasteiger partial charge in [0.2, 0.25) is 0 Å². The van der Waals surface area contributed by atoms with Crippen LogP contribution in [0, 0.1) is 6.92 Å². The van der Waals surface area contributed by atoms with Crippen LogP contribution in [-0.2, 0) is 0 Å². The zero-order valence-electron chi connectivity index (χ0n) is 16.5. The zero-order valence-corrected chi connectivity index (χ0v) is 17.3. The Morgan fingerprint density at radius 3 is 2.82 bits per heavy atom. The average molecular weight is 396 g/mol. The third-order valence-electron chi connectivity index (χ3n) is 4.77. The van der Waals surface area contributed by atoms with Gasteiger partial charge < -0.3 is 10.2 Å². The standard InChI is InChI=1S/C20H25N7S/c1-4-7-15(12-21-3)16-13-22-27-18(23-19-10-14(2)25-28-19)11-17(24-20(16)27)26-8-5-6-9-26/h7,10-13,23H,4-6,8-9H2,1-3H3/b15-7+,21-12?. The van der Waals surface area contributed by atoms with Crippen molar-refractivity contribution in [2.75, 3.05) is 30.4 Å². The van der Waals surface area contributed by atoms with Gasteiger partial charge in [-0.25, -0.2) is 4.98 Å². The molecule has 0 unspecified atom stereocenters. The van der Waals surface area contributed by atoms with Crippen molar-refractivity contribution >= 4 is 45.6 Å². The fourth-order valence-corrected chi connectivity index (χ4v) is 4.16. The number of fused-ring (bicyclic) bond motifs is 1. The van der Waals surface area contributed by atoms with E-state index in [1.54, 1.807) is 7.05 Å². The summed E-state index contributed by atoms with van der Waals surface area (Å²) in [6, 6.07) is 4.13. The van der Waals surface area contributed by atoms with Crippen LogP contribution >= 0.6 is 11.5 Å². The number of hydrogen-bond acceptors (Lipinski definition) is 7. The predicted octanol–water partition coefficient (Wildman–Crippen LogP) is 4.33. The maximum absolute atomic E-state index is 4.98. The van der Waals surface area contributed by atoms with Crippen LogP contribution in [0.2, 0.25) is 0 Å². The Hall–Kier alpha value is -2.74. The number of aromatic nitrogens is 4. The van der Waals surface area contributed by atoms with Gasteiger partial charge in [0.25, 0.3) is 0 Å². The summed E-state index contributed by atoms with van der Waals surface area (Å²) in [6.07, 6.45) is 9.26. The Kier molecular flexibility index (Phi) is 5.38. The molecule has 7 nitrogen and oxygen atoms in total. The van der Waals surface area contributed by atoms with Crippen LogP contribution in [-0.4, -0.2) is 45.3 Å². The lowest BCUT2D eigenvalue weighted by atomic mass is 10.1. The largest absolute Gasteiger partial charge is 0.356 e. The summed E-state index contributed by atoms with van der Waals surface area (Å²) >= 11 is 1.45. The average Bonchev–Trinajstić information content (AvgIpc) is 3.42. The Morgan fingerprint density at radius 2 is 2.14 bits per heavy atom. The van der Waals surface area contributed by atoms with Gasteiger partial charge in [-0.2, -0.15) is 14.0 Å². The van der Waals surface area contributed by atoms with Crippen molar-refractivity contribution in [3.05, 3.63) is 35.7 Å². The first-order chi connectivity index (χ1) is 13.7. The van der Waals surface area contributed by atoms with Crippen molar-refractivity contribution in [3.8, 4) is 0 Å². The third-order valence-corrected chi connectivity index (χ3v) is 5.57. The molecule has 4 heterocycles. The molecule has 0 atom stereocenters. The number of allylic oxidation sites excluding steroid dienone is 2. The van der Waals surface area contributed by atoms with E-state index in [2.05, 4.69) is 43.7 Å². The summed E-state index contributed by atoms with van der Waals surface area (Å²) < 4.78 is 6.24. The number of nitrogens with zero attached hydrogens (tertiary/aromatic N) is 6. The van der Waals surface area contributed by atoms with Crippen LogP contribution in [0.15, 0.2) is 29.4 Å². The summed E-state index contributed by atoms with van der Waals surface area (Å²) in [6.45, 7) is 6.20. The number of nitrogens with one attached hydrogen (secondary N) is 1. The van der Waals surface area contributed by atoms with Crippen LogP contribution in [0.4, 0.5) is 16.6 Å². The summed E-state index contributed by atoms with van der Waals surface area (Å²) in [5.41, 5.74) is 3.89. The van der Waals surface area contributed by atoms with Crippen LogP contribution in [0.3, 0.4) is 0 Å². The van der Waals surface area contributed by atoms with Gasteiger partial charge in [-0.15, -0.1) is 0 Å². The lowest BCUT2D eigenvalue weighted by Crippen LogP contribution is -2.20. The molecule has 0 saturated carbocycles. The minimum absolute atomic E-state index is 0.840. The minimum Gasteiger partial charge on any atom is -0.356 e. The van der Waals surface area contributed by atoms with Gasteiger partial charge in [-0.05, 0) is 43.8 Å². The van der Waals surface area contributed by atoms with E-state index < -0.39 is 0 Å². The number of anilines is 3. The Balaban J connectivity index is 1.85. The smallest absolute Gasteiger partial charge is 0.167 e. The highest BCUT2D eigenvalue weighted by Crippen LogP contribution is 2.29. The molecule has 0 aromatic carbocycles. The van der Waals surface area contributed by atoms with Gasteiger partial charge in [-0.3, -0.25) is 4.99 Å². The van der Waals surface area contributed by atoms with Gasteiger partial charge in [0.1, 0.15) is 16.6 Å². The van der Waals surface area contributed by atoms with Crippen molar-refractivity contribution in [2.45, 2.75) is 33.1 Å². The zero-order chi connectivity index (χ0) is 19.5. The molecule has 146 valence electrons. The number of aryl methyl sites for hydroxylation is 1. The molecule has 4 rings (SSSR count). The molecule has 8 heteroatoms. The van der Waals surface area contributed by atoms with E-state index in [0.717, 1.165) is 58.6 Å². The minimum atomic E-state index is 0.840. The van der Waals surface area contributed by atoms with E-state index in [4.69, 9.17) is 4.98 Å². The summed E-state index contributed by atoms with van der Waals surface area (Å²) in [5, 5.41) is 9.11. The molecule has 1 aliphatic heterocycles. The maximum Gasteiger partial charge on any atom is 0.167 e. The van der Waals surface area contributed by atoms with Crippen molar-refractivity contribution < 1.29 is 0 Å². The Morgan fingerprint density at radius 1 is 1.32 bits per heavy atom. The fraction of sp³-hybridized carbons (Fsp3) is 0.400. The quantitative estimate of drug-likeness (QED) is 0.629. The number of aliphatic imine (C=N–C) groups is 1. The molecule has 28 heavy (non-hydrogen) atoms. The Bertz CT molecular complexity index is 1020. The summed E-state index contributed by atoms with van der Waals surface area (Å²) in [7, 11) is 1.79. The van der Waals surface area contributed by atoms with E-state index in [-0.39, 0.29) is 0 Å². The van der Waals surface area contributed by atoms with Gasteiger partial charge in [0, 0.05) is 43.6 Å². The molecule has 3 aromatic rings. The van der Waals surface area contributed by atoms with Crippen LogP contribution in [0.5, 0.6) is 0 Å². The topological polar surface area (TPSA) is 70.7 Å². The lowest BCUT2D eigenvalue weighted by molar-refractivity contribution is 0.904. The molecule has 1 N–H and O–H groups in total.